The Balaban J connectivity index is 0.00000196. The molecule has 1 aromatic carbocycles. The summed E-state index contributed by atoms with van der Waals surface area (Å²) in [4.78, 5) is 0.270. The maximum absolute atomic E-state index is 12.1. The molecule has 0 saturated heterocycles. The number of halogens is 3. The molecule has 0 bridgehead atoms. The average molecular weight is 260 g/mol. The van der Waals surface area contributed by atoms with Gasteiger partial charge in [0.15, 0.2) is 0 Å². The van der Waals surface area contributed by atoms with E-state index in [4.69, 9.17) is 0 Å². The summed E-state index contributed by atoms with van der Waals surface area (Å²) >= 11 is 0. The molecule has 1 nitrogen and oxygen atoms in total. The molecule has 0 radical (unpaired) electrons. The third kappa shape index (κ3) is 5.65. The fourth-order valence-electron chi connectivity index (χ4n) is 1.20. The van der Waals surface area contributed by atoms with Gasteiger partial charge >= 0.3 is 58.4 Å². The first kappa shape index (κ1) is 15.9. The summed E-state index contributed by atoms with van der Waals surface area (Å²) in [5.74, 6) is 0. The Labute approximate surface area is 132 Å². The van der Waals surface area contributed by atoms with Gasteiger partial charge in [-0.1, -0.05) is 30.1 Å². The van der Waals surface area contributed by atoms with Crippen LogP contribution in [0.2, 0.25) is 0 Å². The van der Waals surface area contributed by atoms with Gasteiger partial charge in [0, 0.05) is 22.0 Å². The monoisotopic (exact) mass is 260 g/mol. The number of rotatable bonds is 3. The maximum Gasteiger partial charge on any atom is 1.00 e. The Morgan fingerprint density at radius 1 is 1.27 bits per heavy atom. The summed E-state index contributed by atoms with van der Waals surface area (Å²) < 4.78 is 47.5. The second kappa shape index (κ2) is 6.56. The molecular formula is C8H9BF3KOS. The van der Waals surface area contributed by atoms with Crippen LogP contribution in [0.4, 0.5) is 12.9 Å². The first-order valence-corrected chi connectivity index (χ1v) is 5.58. The Morgan fingerprint density at radius 2 is 1.80 bits per heavy atom. The molecule has 0 spiro atoms. The van der Waals surface area contributed by atoms with Gasteiger partial charge in [-0.25, -0.2) is 0 Å². The Hall–Kier alpha value is 0.861. The molecule has 1 rings (SSSR count). The van der Waals surface area contributed by atoms with Crippen LogP contribution in [-0.4, -0.2) is 17.4 Å². The quantitative estimate of drug-likeness (QED) is 0.661. The van der Waals surface area contributed by atoms with Crippen LogP contribution in [0.5, 0.6) is 0 Å². The SMILES string of the molecule is CS(=O)c1ccccc1C[B-](F)(F)F.[K+]. The van der Waals surface area contributed by atoms with Crippen molar-refractivity contribution >= 4 is 17.8 Å². The fraction of sp³-hybridized carbons (Fsp3) is 0.250. The summed E-state index contributed by atoms with van der Waals surface area (Å²) in [6.07, 6.45) is 0.415. The molecule has 7 heteroatoms. The topological polar surface area (TPSA) is 17.1 Å². The smallest absolute Gasteiger partial charge is 0.449 e. The Morgan fingerprint density at radius 3 is 2.27 bits per heavy atom. The van der Waals surface area contributed by atoms with E-state index in [9.17, 15) is 17.2 Å². The average Bonchev–Trinajstić information content (AvgIpc) is 2.01. The van der Waals surface area contributed by atoms with Crippen molar-refractivity contribution in [3.8, 4) is 0 Å². The zero-order valence-electron chi connectivity index (χ0n) is 8.54. The molecule has 0 amide bonds. The van der Waals surface area contributed by atoms with Crippen molar-refractivity contribution in [3.63, 3.8) is 0 Å². The predicted octanol–water partition coefficient (Wildman–Crippen LogP) is -0.643. The van der Waals surface area contributed by atoms with E-state index >= 15 is 0 Å². The normalized spacial score (nSPS) is 13.1. The van der Waals surface area contributed by atoms with E-state index in [1.54, 1.807) is 6.07 Å². The predicted molar refractivity (Wildman–Crippen MR) is 51.6 cm³/mol. The minimum atomic E-state index is -4.86. The van der Waals surface area contributed by atoms with E-state index in [1.807, 2.05) is 0 Å². The molecule has 78 valence electrons. The van der Waals surface area contributed by atoms with Gasteiger partial charge in [0.1, 0.15) is 0 Å². The van der Waals surface area contributed by atoms with E-state index in [2.05, 4.69) is 0 Å². The fourth-order valence-corrected chi connectivity index (χ4v) is 1.99. The largest absolute Gasteiger partial charge is 1.00 e. The first-order valence-electron chi connectivity index (χ1n) is 4.02. The van der Waals surface area contributed by atoms with Gasteiger partial charge in [0.25, 0.3) is 0 Å². The molecule has 0 aromatic heterocycles. The van der Waals surface area contributed by atoms with Crippen molar-refractivity contribution in [2.45, 2.75) is 11.2 Å². The number of benzene rings is 1. The van der Waals surface area contributed by atoms with Crippen molar-refractivity contribution < 1.29 is 68.5 Å². The molecule has 1 unspecified atom stereocenters. The van der Waals surface area contributed by atoms with Gasteiger partial charge in [-0.05, 0) is 6.07 Å². The molecule has 0 aliphatic heterocycles. The van der Waals surface area contributed by atoms with Crippen LogP contribution in [0.1, 0.15) is 5.56 Å². The summed E-state index contributed by atoms with van der Waals surface area (Å²) in [7, 11) is -1.37. The van der Waals surface area contributed by atoms with Crippen molar-refractivity contribution in [1.29, 1.82) is 0 Å². The van der Waals surface area contributed by atoms with Crippen molar-refractivity contribution in [2.75, 3.05) is 6.26 Å². The van der Waals surface area contributed by atoms with Crippen LogP contribution >= 0.6 is 0 Å². The van der Waals surface area contributed by atoms with Gasteiger partial charge in [0.2, 0.25) is 0 Å². The molecule has 0 fully saturated rings. The van der Waals surface area contributed by atoms with E-state index in [-0.39, 0.29) is 61.8 Å². The van der Waals surface area contributed by atoms with Crippen LogP contribution in [0, 0.1) is 0 Å². The van der Waals surface area contributed by atoms with Crippen molar-refractivity contribution in [3.05, 3.63) is 29.8 Å². The zero-order valence-corrected chi connectivity index (χ0v) is 12.5. The molecular weight excluding hydrogens is 251 g/mol. The van der Waals surface area contributed by atoms with Crippen molar-refractivity contribution in [2.24, 2.45) is 0 Å². The van der Waals surface area contributed by atoms with Crippen LogP contribution in [0.3, 0.4) is 0 Å². The first-order chi connectivity index (χ1) is 6.40. The molecule has 0 saturated carbocycles. The number of hydrogen-bond acceptors (Lipinski definition) is 1. The second-order valence-electron chi connectivity index (χ2n) is 2.98. The molecule has 0 aliphatic rings. The summed E-state index contributed by atoms with van der Waals surface area (Å²) in [5, 5.41) is 0. The van der Waals surface area contributed by atoms with Gasteiger partial charge in [-0.3, -0.25) is 4.21 Å². The van der Waals surface area contributed by atoms with Gasteiger partial charge in [-0.15, -0.1) is 0 Å². The standard InChI is InChI=1S/C8H9BF3OS.K/c1-14(13)8-5-3-2-4-7(8)6-9(10,11)12;/h2-5H,6H2,1H3;/q-1;+1. The third-order valence-electron chi connectivity index (χ3n) is 1.73. The summed E-state index contributed by atoms with van der Waals surface area (Å²) in [6.45, 7) is -4.86. The molecule has 0 N–H and O–H groups in total. The number of hydrogen-bond donors (Lipinski definition) is 0. The zero-order chi connectivity index (χ0) is 10.8. The maximum atomic E-state index is 12.1. The van der Waals surface area contributed by atoms with E-state index < -0.39 is 24.1 Å². The molecule has 0 aliphatic carbocycles. The minimum absolute atomic E-state index is 0. The van der Waals surface area contributed by atoms with E-state index in [0.717, 1.165) is 0 Å². The van der Waals surface area contributed by atoms with Gasteiger partial charge in [-0.2, -0.15) is 0 Å². The van der Waals surface area contributed by atoms with Crippen LogP contribution in [-0.2, 0) is 17.1 Å². The van der Waals surface area contributed by atoms with Crippen LogP contribution in [0.25, 0.3) is 0 Å². The molecule has 1 atom stereocenters. The summed E-state index contributed by atoms with van der Waals surface area (Å²) in [5.41, 5.74) is 0.112. The summed E-state index contributed by atoms with van der Waals surface area (Å²) in [6, 6.07) is 5.94. The third-order valence-corrected chi connectivity index (χ3v) is 2.75. The van der Waals surface area contributed by atoms with Gasteiger partial charge < -0.3 is 12.9 Å². The van der Waals surface area contributed by atoms with Crippen molar-refractivity contribution in [1.82, 2.24) is 0 Å². The second-order valence-corrected chi connectivity index (χ2v) is 4.32. The minimum Gasteiger partial charge on any atom is -0.449 e. The Kier molecular flexibility index (Phi) is 6.94. The molecule has 1 aromatic rings. The van der Waals surface area contributed by atoms with Crippen LogP contribution < -0.4 is 51.4 Å². The molecule has 15 heavy (non-hydrogen) atoms. The molecule has 0 heterocycles. The van der Waals surface area contributed by atoms with E-state index in [1.165, 1.54) is 24.5 Å². The van der Waals surface area contributed by atoms with Crippen LogP contribution in [0.15, 0.2) is 29.2 Å². The van der Waals surface area contributed by atoms with Gasteiger partial charge in [0.05, 0.1) is 0 Å². The van der Waals surface area contributed by atoms with E-state index in [0.29, 0.717) is 0 Å². The Bertz CT molecular complexity index is 356.